The number of anilines is 2. The maximum Gasteiger partial charge on any atom is 0.255 e. The Kier molecular flexibility index (Phi) is 5.67. The van der Waals surface area contributed by atoms with Crippen LogP contribution in [-0.4, -0.2) is 21.8 Å². The fourth-order valence-corrected chi connectivity index (χ4v) is 2.37. The molecule has 6 heteroatoms. The first-order chi connectivity index (χ1) is 12.7. The molecule has 2 N–H and O–H groups in total. The lowest BCUT2D eigenvalue weighted by Crippen LogP contribution is -2.14. The van der Waals surface area contributed by atoms with Gasteiger partial charge in [-0.25, -0.2) is 0 Å². The minimum absolute atomic E-state index is 0.0820. The summed E-state index contributed by atoms with van der Waals surface area (Å²) in [4.78, 5) is 32.2. The molecular weight excluding hydrogens is 328 g/mol. The highest BCUT2D eigenvalue weighted by Gasteiger charge is 2.07. The lowest BCUT2D eigenvalue weighted by Gasteiger charge is -2.07. The van der Waals surface area contributed by atoms with Crippen molar-refractivity contribution in [1.82, 2.24) is 9.97 Å². The molecule has 6 nitrogen and oxygen atoms in total. The number of hydrogen-bond donors (Lipinski definition) is 2. The number of hydrogen-bond acceptors (Lipinski definition) is 4. The first-order valence-corrected chi connectivity index (χ1v) is 8.21. The van der Waals surface area contributed by atoms with Gasteiger partial charge in [-0.3, -0.25) is 19.6 Å². The highest BCUT2D eigenvalue weighted by Crippen LogP contribution is 2.13. The molecule has 26 heavy (non-hydrogen) atoms. The number of rotatable bonds is 6. The van der Waals surface area contributed by atoms with E-state index in [4.69, 9.17) is 0 Å². The van der Waals surface area contributed by atoms with Crippen molar-refractivity contribution in [3.05, 3.63) is 84.4 Å². The van der Waals surface area contributed by atoms with Gasteiger partial charge in [-0.05, 0) is 54.4 Å². The van der Waals surface area contributed by atoms with Gasteiger partial charge in [0.2, 0.25) is 5.91 Å². The zero-order chi connectivity index (χ0) is 18.2. The van der Waals surface area contributed by atoms with Crippen LogP contribution in [0.25, 0.3) is 0 Å². The smallest absolute Gasteiger partial charge is 0.255 e. The van der Waals surface area contributed by atoms with Crippen molar-refractivity contribution in [1.29, 1.82) is 0 Å². The van der Waals surface area contributed by atoms with E-state index < -0.39 is 0 Å². The fourth-order valence-electron chi connectivity index (χ4n) is 2.37. The standard InChI is InChI=1S/C20H18N4O2/c25-19(10-5-15-3-1-11-21-13-15)23-17-8-6-16(7-9-17)20(26)24-18-4-2-12-22-14-18/h1-4,6-9,11-14H,5,10H2,(H,23,25)(H,24,26). The number of amides is 2. The Morgan fingerprint density at radius 1 is 0.808 bits per heavy atom. The fraction of sp³-hybridized carbons (Fsp3) is 0.100. The number of aromatic nitrogens is 2. The first kappa shape index (κ1) is 17.3. The predicted molar refractivity (Wildman–Crippen MR) is 99.8 cm³/mol. The van der Waals surface area contributed by atoms with Crippen LogP contribution in [0.4, 0.5) is 11.4 Å². The van der Waals surface area contributed by atoms with Crippen LogP contribution in [0.1, 0.15) is 22.3 Å². The molecule has 0 spiro atoms. The van der Waals surface area contributed by atoms with E-state index in [2.05, 4.69) is 20.6 Å². The van der Waals surface area contributed by atoms with E-state index in [1.54, 1.807) is 61.2 Å². The first-order valence-electron chi connectivity index (χ1n) is 8.21. The molecule has 0 aliphatic rings. The second kappa shape index (κ2) is 8.53. The van der Waals surface area contributed by atoms with Crippen molar-refractivity contribution >= 4 is 23.2 Å². The van der Waals surface area contributed by atoms with E-state index in [9.17, 15) is 9.59 Å². The molecule has 3 rings (SSSR count). The molecule has 0 bridgehead atoms. The quantitative estimate of drug-likeness (QED) is 0.717. The van der Waals surface area contributed by atoms with Crippen molar-refractivity contribution in [2.75, 3.05) is 10.6 Å². The molecule has 0 saturated heterocycles. The molecule has 2 heterocycles. The molecule has 2 amide bonds. The van der Waals surface area contributed by atoms with Crippen molar-refractivity contribution in [3.63, 3.8) is 0 Å². The third-order valence-corrected chi connectivity index (χ3v) is 3.71. The van der Waals surface area contributed by atoms with E-state index in [0.717, 1.165) is 5.56 Å². The van der Waals surface area contributed by atoms with Gasteiger partial charge in [0.1, 0.15) is 0 Å². The summed E-state index contributed by atoms with van der Waals surface area (Å²) < 4.78 is 0. The Bertz CT molecular complexity index is 865. The zero-order valence-electron chi connectivity index (χ0n) is 14.1. The van der Waals surface area contributed by atoms with Gasteiger partial charge in [-0.15, -0.1) is 0 Å². The number of carbonyl (C=O) groups excluding carboxylic acids is 2. The Labute approximate surface area is 151 Å². The van der Waals surface area contributed by atoms with Gasteiger partial charge in [0, 0.05) is 36.3 Å². The molecule has 0 fully saturated rings. The van der Waals surface area contributed by atoms with Gasteiger partial charge in [0.15, 0.2) is 0 Å². The molecule has 0 radical (unpaired) electrons. The minimum Gasteiger partial charge on any atom is -0.326 e. The monoisotopic (exact) mass is 346 g/mol. The maximum absolute atomic E-state index is 12.2. The largest absolute Gasteiger partial charge is 0.326 e. The molecular formula is C20H18N4O2. The number of aryl methyl sites for hydroxylation is 1. The SMILES string of the molecule is O=C(CCc1cccnc1)Nc1ccc(C(=O)Nc2cccnc2)cc1. The van der Waals surface area contributed by atoms with Gasteiger partial charge in [0.05, 0.1) is 11.9 Å². The van der Waals surface area contributed by atoms with Gasteiger partial charge in [-0.1, -0.05) is 6.07 Å². The maximum atomic E-state index is 12.2. The van der Waals surface area contributed by atoms with Crippen molar-refractivity contribution < 1.29 is 9.59 Å². The summed E-state index contributed by atoms with van der Waals surface area (Å²) in [6.07, 6.45) is 7.68. The average molecular weight is 346 g/mol. The Morgan fingerprint density at radius 2 is 1.54 bits per heavy atom. The predicted octanol–water partition coefficient (Wildman–Crippen LogP) is 3.30. The van der Waals surface area contributed by atoms with E-state index >= 15 is 0 Å². The number of pyridine rings is 2. The summed E-state index contributed by atoms with van der Waals surface area (Å²) >= 11 is 0. The molecule has 0 saturated carbocycles. The summed E-state index contributed by atoms with van der Waals surface area (Å²) in [5.74, 6) is -0.311. The summed E-state index contributed by atoms with van der Waals surface area (Å²) in [5.41, 5.74) is 2.80. The van der Waals surface area contributed by atoms with E-state index in [-0.39, 0.29) is 11.8 Å². The van der Waals surface area contributed by atoms with E-state index in [1.165, 1.54) is 0 Å². The number of benzene rings is 1. The molecule has 0 atom stereocenters. The summed E-state index contributed by atoms with van der Waals surface area (Å²) in [7, 11) is 0. The highest BCUT2D eigenvalue weighted by atomic mass is 16.2. The Morgan fingerprint density at radius 3 is 2.19 bits per heavy atom. The lowest BCUT2D eigenvalue weighted by atomic mass is 10.1. The van der Waals surface area contributed by atoms with Crippen LogP contribution < -0.4 is 10.6 Å². The Balaban J connectivity index is 1.52. The van der Waals surface area contributed by atoms with Crippen LogP contribution in [0.3, 0.4) is 0 Å². The number of nitrogens with one attached hydrogen (secondary N) is 2. The third-order valence-electron chi connectivity index (χ3n) is 3.71. The molecule has 0 unspecified atom stereocenters. The molecule has 2 aromatic heterocycles. The normalized spacial score (nSPS) is 10.2. The topological polar surface area (TPSA) is 84.0 Å². The second-order valence-electron chi connectivity index (χ2n) is 5.68. The molecule has 0 aliphatic carbocycles. The molecule has 130 valence electrons. The average Bonchev–Trinajstić information content (AvgIpc) is 2.68. The number of nitrogens with zero attached hydrogens (tertiary/aromatic N) is 2. The van der Waals surface area contributed by atoms with Crippen LogP contribution in [0, 0.1) is 0 Å². The Hall–Kier alpha value is -3.54. The molecule has 1 aromatic carbocycles. The third kappa shape index (κ3) is 4.98. The van der Waals surface area contributed by atoms with Crippen molar-refractivity contribution in [3.8, 4) is 0 Å². The molecule has 3 aromatic rings. The van der Waals surface area contributed by atoms with Crippen LogP contribution >= 0.6 is 0 Å². The minimum atomic E-state index is -0.229. The van der Waals surface area contributed by atoms with Crippen LogP contribution in [0.15, 0.2) is 73.3 Å². The van der Waals surface area contributed by atoms with Gasteiger partial charge >= 0.3 is 0 Å². The molecule has 0 aliphatic heterocycles. The highest BCUT2D eigenvalue weighted by molar-refractivity contribution is 6.04. The van der Waals surface area contributed by atoms with E-state index in [1.807, 2.05) is 12.1 Å². The number of carbonyl (C=O) groups is 2. The second-order valence-corrected chi connectivity index (χ2v) is 5.68. The van der Waals surface area contributed by atoms with Gasteiger partial charge < -0.3 is 10.6 Å². The van der Waals surface area contributed by atoms with Crippen LogP contribution in [-0.2, 0) is 11.2 Å². The van der Waals surface area contributed by atoms with Crippen LogP contribution in [0.2, 0.25) is 0 Å². The van der Waals surface area contributed by atoms with Gasteiger partial charge in [0.25, 0.3) is 5.91 Å². The summed E-state index contributed by atoms with van der Waals surface area (Å²) in [6.45, 7) is 0. The van der Waals surface area contributed by atoms with Crippen molar-refractivity contribution in [2.24, 2.45) is 0 Å². The lowest BCUT2D eigenvalue weighted by molar-refractivity contribution is -0.116. The van der Waals surface area contributed by atoms with Crippen molar-refractivity contribution in [2.45, 2.75) is 12.8 Å². The van der Waals surface area contributed by atoms with E-state index in [0.29, 0.717) is 29.8 Å². The summed E-state index contributed by atoms with van der Waals surface area (Å²) in [6, 6.07) is 14.1. The summed E-state index contributed by atoms with van der Waals surface area (Å²) in [5, 5.41) is 5.59. The van der Waals surface area contributed by atoms with Crippen LogP contribution in [0.5, 0.6) is 0 Å². The van der Waals surface area contributed by atoms with Gasteiger partial charge in [-0.2, -0.15) is 0 Å². The zero-order valence-corrected chi connectivity index (χ0v) is 14.1.